The Bertz CT molecular complexity index is 1010. The molecule has 0 fully saturated rings. The van der Waals surface area contributed by atoms with Gasteiger partial charge in [0, 0.05) is 6.54 Å². The van der Waals surface area contributed by atoms with E-state index in [0.717, 1.165) is 40.9 Å². The molecule has 0 aromatic heterocycles. The average Bonchev–Trinajstić information content (AvgIpc) is 2.78. The molecular weight excluding hydrogens is 501 g/mol. The Morgan fingerprint density at radius 2 is 1.58 bits per heavy atom. The second-order valence-corrected chi connectivity index (χ2v) is 8.59. The number of nitrogens with one attached hydrogen (secondary N) is 1. The van der Waals surface area contributed by atoms with E-state index < -0.39 is 0 Å². The second-order valence-electron chi connectivity index (χ2n) is 6.92. The molecule has 4 nitrogen and oxygen atoms in total. The minimum Gasteiger partial charge on any atom is -0.497 e. The number of rotatable bonds is 10. The number of halogens is 3. The van der Waals surface area contributed by atoms with Gasteiger partial charge in [-0.05, 0) is 82.0 Å². The molecule has 0 spiro atoms. The Kier molecular flexibility index (Phi) is 8.90. The Labute approximate surface area is 201 Å². The predicted octanol–water partition coefficient (Wildman–Crippen LogP) is 6.68. The lowest BCUT2D eigenvalue weighted by atomic mass is 10.1. The summed E-state index contributed by atoms with van der Waals surface area (Å²) in [6.07, 6.45) is 0.938. The normalized spacial score (nSPS) is 10.7. The average molecular weight is 525 g/mol. The fourth-order valence-electron chi connectivity index (χ4n) is 3.06. The zero-order valence-electron chi connectivity index (χ0n) is 17.4. The molecule has 0 aliphatic heterocycles. The lowest BCUT2D eigenvalue weighted by molar-refractivity contribution is 0.282. The summed E-state index contributed by atoms with van der Waals surface area (Å²) in [5.74, 6) is 2.19. The molecule has 3 aromatic rings. The first-order valence-corrected chi connectivity index (χ1v) is 11.3. The zero-order chi connectivity index (χ0) is 22.2. The Balaban J connectivity index is 1.57. The van der Waals surface area contributed by atoms with Crippen molar-refractivity contribution in [3.63, 3.8) is 0 Å². The standard InChI is InChI=1S/C24H24BrCl2NO3/c1-29-19-6-3-16(4-7-19)9-10-28-14-18-11-20(25)24(23(13-18)30-2)31-15-17-5-8-21(26)22(27)12-17/h3-8,11-13,28H,9-10,14-15H2,1-2H3. The van der Waals surface area contributed by atoms with Crippen LogP contribution in [0.25, 0.3) is 0 Å². The highest BCUT2D eigenvalue weighted by Gasteiger charge is 2.12. The van der Waals surface area contributed by atoms with Crippen molar-refractivity contribution in [3.05, 3.63) is 85.8 Å². The highest BCUT2D eigenvalue weighted by Crippen LogP contribution is 2.37. The fraction of sp³-hybridized carbons (Fsp3) is 0.250. The highest BCUT2D eigenvalue weighted by atomic mass is 79.9. The minimum absolute atomic E-state index is 0.352. The van der Waals surface area contributed by atoms with Crippen LogP contribution >= 0.6 is 39.1 Å². The molecule has 164 valence electrons. The number of ether oxygens (including phenoxy) is 3. The van der Waals surface area contributed by atoms with Crippen molar-refractivity contribution in [3.8, 4) is 17.2 Å². The predicted molar refractivity (Wildman–Crippen MR) is 130 cm³/mol. The van der Waals surface area contributed by atoms with Crippen LogP contribution in [0.5, 0.6) is 17.2 Å². The SMILES string of the molecule is COc1ccc(CCNCc2cc(Br)c(OCc3ccc(Cl)c(Cl)c3)c(OC)c2)cc1. The van der Waals surface area contributed by atoms with E-state index in [2.05, 4.69) is 33.4 Å². The zero-order valence-corrected chi connectivity index (χ0v) is 20.5. The second kappa shape index (κ2) is 11.6. The van der Waals surface area contributed by atoms with Gasteiger partial charge in [0.1, 0.15) is 12.4 Å². The third-order valence-electron chi connectivity index (χ3n) is 4.74. The number of methoxy groups -OCH3 is 2. The van der Waals surface area contributed by atoms with Gasteiger partial charge in [0.25, 0.3) is 0 Å². The molecule has 0 aliphatic rings. The number of benzene rings is 3. The van der Waals surface area contributed by atoms with Crippen LogP contribution in [0.4, 0.5) is 0 Å². The van der Waals surface area contributed by atoms with Gasteiger partial charge in [-0.1, -0.05) is 41.4 Å². The first-order valence-electron chi connectivity index (χ1n) is 9.77. The third kappa shape index (κ3) is 6.78. The van der Waals surface area contributed by atoms with Gasteiger partial charge >= 0.3 is 0 Å². The van der Waals surface area contributed by atoms with Crippen LogP contribution < -0.4 is 19.5 Å². The van der Waals surface area contributed by atoms with Crippen LogP contribution in [0, 0.1) is 0 Å². The maximum Gasteiger partial charge on any atom is 0.175 e. The molecule has 0 saturated carbocycles. The van der Waals surface area contributed by atoms with Crippen LogP contribution in [-0.4, -0.2) is 20.8 Å². The van der Waals surface area contributed by atoms with E-state index in [4.69, 9.17) is 37.4 Å². The van der Waals surface area contributed by atoms with E-state index in [1.165, 1.54) is 5.56 Å². The molecular formula is C24H24BrCl2NO3. The number of hydrogen-bond donors (Lipinski definition) is 1. The van der Waals surface area contributed by atoms with Gasteiger partial charge in [0.2, 0.25) is 0 Å². The molecule has 0 saturated heterocycles. The molecule has 3 rings (SSSR count). The summed E-state index contributed by atoms with van der Waals surface area (Å²) in [4.78, 5) is 0. The fourth-order valence-corrected chi connectivity index (χ4v) is 3.98. The van der Waals surface area contributed by atoms with Gasteiger partial charge in [-0.15, -0.1) is 0 Å². The molecule has 31 heavy (non-hydrogen) atoms. The van der Waals surface area contributed by atoms with Crippen LogP contribution in [0.2, 0.25) is 10.0 Å². The summed E-state index contributed by atoms with van der Waals surface area (Å²) in [5.41, 5.74) is 3.28. The lowest BCUT2D eigenvalue weighted by Crippen LogP contribution is -2.16. The summed E-state index contributed by atoms with van der Waals surface area (Å²) in [5, 5.41) is 4.50. The first-order chi connectivity index (χ1) is 15.0. The minimum atomic E-state index is 0.352. The third-order valence-corrected chi connectivity index (χ3v) is 6.06. The van der Waals surface area contributed by atoms with Crippen molar-refractivity contribution in [1.29, 1.82) is 0 Å². The smallest absolute Gasteiger partial charge is 0.175 e. The van der Waals surface area contributed by atoms with Crippen molar-refractivity contribution in [1.82, 2.24) is 5.32 Å². The van der Waals surface area contributed by atoms with E-state index >= 15 is 0 Å². The maximum absolute atomic E-state index is 6.09. The van der Waals surface area contributed by atoms with E-state index in [9.17, 15) is 0 Å². The van der Waals surface area contributed by atoms with Crippen molar-refractivity contribution >= 4 is 39.1 Å². The largest absolute Gasteiger partial charge is 0.497 e. The Morgan fingerprint density at radius 1 is 0.839 bits per heavy atom. The van der Waals surface area contributed by atoms with Crippen LogP contribution in [0.15, 0.2) is 59.1 Å². The summed E-state index contributed by atoms with van der Waals surface area (Å²) >= 11 is 15.7. The van der Waals surface area contributed by atoms with Gasteiger partial charge in [0.15, 0.2) is 11.5 Å². The Hall–Kier alpha value is -1.92. The van der Waals surface area contributed by atoms with E-state index in [1.54, 1.807) is 26.4 Å². The summed E-state index contributed by atoms with van der Waals surface area (Å²) < 4.78 is 17.6. The quantitative estimate of drug-likeness (QED) is 0.300. The topological polar surface area (TPSA) is 39.7 Å². The van der Waals surface area contributed by atoms with Crippen molar-refractivity contribution in [2.45, 2.75) is 19.6 Å². The van der Waals surface area contributed by atoms with Crippen LogP contribution in [0.3, 0.4) is 0 Å². The monoisotopic (exact) mass is 523 g/mol. The van der Waals surface area contributed by atoms with E-state index in [1.807, 2.05) is 30.3 Å². The molecule has 0 atom stereocenters. The van der Waals surface area contributed by atoms with Gasteiger partial charge in [0.05, 0.1) is 28.7 Å². The molecule has 1 N–H and O–H groups in total. The molecule has 0 bridgehead atoms. The van der Waals surface area contributed by atoms with Crippen molar-refractivity contribution < 1.29 is 14.2 Å². The van der Waals surface area contributed by atoms with Gasteiger partial charge in [-0.2, -0.15) is 0 Å². The molecule has 0 aliphatic carbocycles. The van der Waals surface area contributed by atoms with Gasteiger partial charge in [-0.3, -0.25) is 0 Å². The highest BCUT2D eigenvalue weighted by molar-refractivity contribution is 9.10. The summed E-state index contributed by atoms with van der Waals surface area (Å²) in [7, 11) is 3.31. The van der Waals surface area contributed by atoms with Crippen LogP contribution in [-0.2, 0) is 19.6 Å². The Morgan fingerprint density at radius 3 is 2.26 bits per heavy atom. The lowest BCUT2D eigenvalue weighted by Gasteiger charge is -2.15. The molecule has 0 unspecified atom stereocenters. The van der Waals surface area contributed by atoms with Crippen LogP contribution in [0.1, 0.15) is 16.7 Å². The number of hydrogen-bond acceptors (Lipinski definition) is 4. The summed E-state index contributed by atoms with van der Waals surface area (Å²) in [6, 6.07) is 17.6. The summed E-state index contributed by atoms with van der Waals surface area (Å²) in [6.45, 7) is 1.94. The van der Waals surface area contributed by atoms with E-state index in [-0.39, 0.29) is 0 Å². The van der Waals surface area contributed by atoms with Crippen molar-refractivity contribution in [2.75, 3.05) is 20.8 Å². The van der Waals surface area contributed by atoms with E-state index in [0.29, 0.717) is 28.2 Å². The molecule has 0 radical (unpaired) electrons. The molecule has 7 heteroatoms. The maximum atomic E-state index is 6.09. The molecule has 0 heterocycles. The van der Waals surface area contributed by atoms with Gasteiger partial charge in [-0.25, -0.2) is 0 Å². The van der Waals surface area contributed by atoms with Gasteiger partial charge < -0.3 is 19.5 Å². The first kappa shape index (κ1) is 23.7. The van der Waals surface area contributed by atoms with Crippen molar-refractivity contribution in [2.24, 2.45) is 0 Å². The molecule has 3 aromatic carbocycles. The molecule has 0 amide bonds.